The molecule has 728 valence electrons. The van der Waals surface area contributed by atoms with Gasteiger partial charge in [0.15, 0.2) is 0 Å². The molecule has 0 unspecified atom stereocenters. The molecule has 0 saturated carbocycles. The molecule has 15 rings (SSSR count). The molecule has 0 spiro atoms. The highest BCUT2D eigenvalue weighted by Crippen LogP contribution is 2.46. The zero-order valence-corrected chi connectivity index (χ0v) is 85.0. The number of rotatable bonds is 15. The number of nitrogens with one attached hydrogen (secondary N) is 5. The van der Waals surface area contributed by atoms with Crippen molar-refractivity contribution in [1.82, 2.24) is 51.1 Å². The summed E-state index contributed by atoms with van der Waals surface area (Å²) in [6.07, 6.45) is 11.8. The summed E-state index contributed by atoms with van der Waals surface area (Å²) in [6.45, 7) is 57.2. The van der Waals surface area contributed by atoms with E-state index in [0.29, 0.717) is 145 Å². The first kappa shape index (κ1) is 105. The predicted octanol–water partition coefficient (Wildman–Crippen LogP) is 17.0. The zero-order chi connectivity index (χ0) is 101. The fourth-order valence-electron chi connectivity index (χ4n) is 18.3. The van der Waals surface area contributed by atoms with Gasteiger partial charge in [0.2, 0.25) is 0 Å². The number of halogens is 2. The fraction of sp³-hybridized carbons (Fsp3) is 0.414. The van der Waals surface area contributed by atoms with E-state index in [4.69, 9.17) is 0 Å². The number of carbonyl (C=O) groups is 10. The monoisotopic (exact) mass is 1880 g/mol. The van der Waals surface area contributed by atoms with Crippen molar-refractivity contribution in [1.29, 1.82) is 0 Å². The standard InChI is InChI=1S/C23H29N3O2.2C22H26FN3O2.2C22H27N3O2/c1-14(2)25-21(27)18-12-26(22(28)17-9-7-15(3)8-10-17)13-23(5,6)19-11-24-16(4)20(18)19;1-13(2)25-20(27)17-11-26(12-22(4,5)18-10-24-9-16(17)18)21(28)15-6-7-19(23)14(3)8-15;1-6-24-20(27)16-11-26(21(28)15-7-8-18(23)13(2)9-15)12-22(4,5)17-10-25-14(3)19(16)17;1-14(2)24-20(26)18-12-25(21(27)16-8-6-15(3)7-9-16)13-22(4,5)19-11-23-10-17(18)19;1-6-23-20(26)17-12-25(21(27)16-9-7-14(2)8-10-16)13-22(4,5)18-11-24-15(3)19(17)18/h7-10,12,14H,11,13H2,1-6H3,(H,25,27);6-9,11,13H,10,12H2,1-5H3,(H,25,27);7-9,11H,6,10,12H2,1-5H3,(H,24,27);6-10,12,14H,11,13H2,1-5H3,(H,24,26);7-10,12H,6,11,13H2,1-5H3,(H,23,26). The first-order valence-electron chi connectivity index (χ1n) is 47.4. The van der Waals surface area contributed by atoms with E-state index < -0.39 is 0 Å². The Kier molecular flexibility index (Phi) is 32.7. The van der Waals surface area contributed by atoms with Gasteiger partial charge in [-0.25, -0.2) is 8.78 Å². The Bertz CT molecular complexity index is 6240. The van der Waals surface area contributed by atoms with Crippen molar-refractivity contribution in [3.05, 3.63) is 291 Å². The van der Waals surface area contributed by atoms with Gasteiger partial charge in [0, 0.05) is 207 Å². The topological polar surface area (TPSA) is 309 Å². The normalized spacial score (nSPS) is 18.3. The smallest absolute Gasteiger partial charge is 0.257 e. The van der Waals surface area contributed by atoms with Gasteiger partial charge in [-0.1, -0.05) is 122 Å². The minimum absolute atomic E-state index is 0.00797. The van der Waals surface area contributed by atoms with Gasteiger partial charge >= 0.3 is 0 Å². The van der Waals surface area contributed by atoms with Crippen LogP contribution in [0.2, 0.25) is 0 Å². The fourth-order valence-corrected chi connectivity index (χ4v) is 18.3. The second-order valence-electron chi connectivity index (χ2n) is 40.9. The van der Waals surface area contributed by atoms with E-state index in [0.717, 1.165) is 89.6 Å². The van der Waals surface area contributed by atoms with Crippen LogP contribution in [0.5, 0.6) is 0 Å². The first-order chi connectivity index (χ1) is 64.8. The Hall–Kier alpha value is -13.6. The molecule has 5 aromatic rings. The summed E-state index contributed by atoms with van der Waals surface area (Å²) in [5.74, 6) is -2.48. The summed E-state index contributed by atoms with van der Waals surface area (Å²) < 4.78 is 27.3. The van der Waals surface area contributed by atoms with Gasteiger partial charge in [-0.15, -0.1) is 0 Å². The molecule has 0 radical (unpaired) electrons. The molecule has 10 amide bonds. The maximum atomic E-state index is 13.6. The Labute approximate surface area is 811 Å². The molecule has 5 aromatic carbocycles. The molecule has 0 fully saturated rings. The van der Waals surface area contributed by atoms with Crippen molar-refractivity contribution in [2.45, 2.75) is 198 Å². The third-order valence-corrected chi connectivity index (χ3v) is 25.9. The van der Waals surface area contributed by atoms with Crippen molar-refractivity contribution >= 4 is 88.6 Å². The average Bonchev–Trinajstić information content (AvgIpc) is 1.63. The van der Waals surface area contributed by atoms with Crippen LogP contribution >= 0.6 is 0 Å². The summed E-state index contributed by atoms with van der Waals surface area (Å²) in [5, 5.41) is 14.5. The first-order valence-corrected chi connectivity index (χ1v) is 47.4. The molecular weight excluding hydrogens is 1740 g/mol. The number of aryl methyl sites for hydroxylation is 5. The highest BCUT2D eigenvalue weighted by Gasteiger charge is 2.45. The Morgan fingerprint density at radius 3 is 0.804 bits per heavy atom. The number of amides is 10. The third kappa shape index (κ3) is 24.0. The van der Waals surface area contributed by atoms with Gasteiger partial charge in [-0.3, -0.25) is 72.9 Å². The van der Waals surface area contributed by atoms with Crippen LogP contribution in [-0.2, 0) is 24.0 Å². The molecule has 0 aliphatic carbocycles. The van der Waals surface area contributed by atoms with Crippen LogP contribution in [0.15, 0.2) is 249 Å². The predicted molar refractivity (Wildman–Crippen MR) is 543 cm³/mol. The quantitative estimate of drug-likeness (QED) is 0.0660. The Morgan fingerprint density at radius 2 is 0.551 bits per heavy atom. The number of nitrogens with zero attached hydrogens (tertiary/aromatic N) is 10. The number of hydrogen-bond acceptors (Lipinski definition) is 15. The zero-order valence-electron chi connectivity index (χ0n) is 85.0. The molecule has 27 heteroatoms. The lowest BCUT2D eigenvalue weighted by atomic mass is 9.80. The van der Waals surface area contributed by atoms with Gasteiger partial charge in [-0.05, 0) is 223 Å². The Morgan fingerprint density at radius 1 is 0.319 bits per heavy atom. The van der Waals surface area contributed by atoms with Crippen LogP contribution in [0.1, 0.15) is 225 Å². The van der Waals surface area contributed by atoms with E-state index in [1.165, 1.54) is 24.3 Å². The molecule has 5 N–H and O–H groups in total. The molecule has 138 heavy (non-hydrogen) atoms. The average molecular weight is 1880 g/mol. The van der Waals surface area contributed by atoms with E-state index in [2.05, 4.69) is 107 Å². The molecule has 25 nitrogen and oxygen atoms in total. The molecule has 10 heterocycles. The van der Waals surface area contributed by atoms with E-state index in [1.54, 1.807) is 93.9 Å². The lowest BCUT2D eigenvalue weighted by molar-refractivity contribution is -0.118. The van der Waals surface area contributed by atoms with E-state index >= 15 is 0 Å². The molecule has 0 bridgehead atoms. The number of likely N-dealkylation sites (N-methyl/N-ethyl adjacent to an activating group) is 2. The van der Waals surface area contributed by atoms with Gasteiger partial charge in [0.1, 0.15) is 11.6 Å². The second-order valence-corrected chi connectivity index (χ2v) is 40.9. The second kappa shape index (κ2) is 43.0. The number of benzene rings is 5. The summed E-state index contributed by atoms with van der Waals surface area (Å²) in [6, 6.07) is 31.2. The number of hydrogen-bond donors (Lipinski definition) is 5. The lowest BCUT2D eigenvalue weighted by Crippen LogP contribution is -2.36. The van der Waals surface area contributed by atoms with Crippen LogP contribution in [0, 0.1) is 73.3 Å². The molecular formula is C111H135F2N15O10. The van der Waals surface area contributed by atoms with Gasteiger partial charge < -0.3 is 51.1 Å². The third-order valence-electron chi connectivity index (χ3n) is 25.9. The SMILES string of the molecule is CC1=NCC2=C1C(C(=O)NC(C)C)=CN(C(=O)c1ccc(C)cc1)CC2(C)C.CCNC(=O)C1=CN(C(=O)c2ccc(C)cc2)CC(C)(C)C2=C1C(C)=NC2.CCNC(=O)C1=CN(C(=O)c2ccc(F)c(C)c2)CC(C)(C)C2=C1C(C)=NC2.Cc1cc(C(=O)N2C=C(C(=O)NC(C)C)C3=C(CN=C3)C(C)(C)C2)ccc1F.Cc1ccc(C(=O)N2C=C(C(=O)NC(C)C)C3=C(CN=C3)C(C)(C)C2)cc1. The largest absolute Gasteiger partial charge is 0.352 e. The van der Waals surface area contributed by atoms with Crippen LogP contribution in [-0.4, -0.2) is 210 Å². The molecule has 0 saturated heterocycles. The number of carbonyl (C=O) groups excluding carboxylic acids is 10. The molecule has 0 aromatic heterocycles. The highest BCUT2D eigenvalue weighted by molar-refractivity contribution is 6.18. The van der Waals surface area contributed by atoms with Crippen LogP contribution in [0.25, 0.3) is 0 Å². The lowest BCUT2D eigenvalue weighted by Gasteiger charge is -2.30. The summed E-state index contributed by atoms with van der Waals surface area (Å²) in [5.41, 5.74) is 19.9. The van der Waals surface area contributed by atoms with E-state index in [-0.39, 0.29) is 116 Å². The van der Waals surface area contributed by atoms with Crippen molar-refractivity contribution in [2.24, 2.45) is 52.0 Å². The van der Waals surface area contributed by atoms with Gasteiger partial charge in [0.25, 0.3) is 59.1 Å². The highest BCUT2D eigenvalue weighted by atomic mass is 19.1. The van der Waals surface area contributed by atoms with E-state index in [1.807, 2.05) is 184 Å². The van der Waals surface area contributed by atoms with Crippen molar-refractivity contribution in [2.75, 3.05) is 78.5 Å². The summed E-state index contributed by atoms with van der Waals surface area (Å²) >= 11 is 0. The van der Waals surface area contributed by atoms with E-state index in [9.17, 15) is 56.7 Å². The maximum absolute atomic E-state index is 13.6. The van der Waals surface area contributed by atoms with Gasteiger partial charge in [-0.2, -0.15) is 0 Å². The summed E-state index contributed by atoms with van der Waals surface area (Å²) in [7, 11) is 0. The molecule has 0 atom stereocenters. The van der Waals surface area contributed by atoms with Crippen molar-refractivity contribution < 1.29 is 56.7 Å². The van der Waals surface area contributed by atoms with Crippen LogP contribution in [0.4, 0.5) is 8.78 Å². The van der Waals surface area contributed by atoms with Gasteiger partial charge in [0.05, 0.1) is 60.6 Å². The van der Waals surface area contributed by atoms with Crippen molar-refractivity contribution in [3.63, 3.8) is 0 Å². The molecule has 10 aliphatic heterocycles. The van der Waals surface area contributed by atoms with Crippen molar-refractivity contribution in [3.8, 4) is 0 Å². The minimum atomic E-state index is -0.355. The van der Waals surface area contributed by atoms with Crippen LogP contribution in [0.3, 0.4) is 0 Å². The maximum Gasteiger partial charge on any atom is 0.257 e. The minimum Gasteiger partial charge on any atom is -0.352 e. The molecule has 10 aliphatic rings. The summed E-state index contributed by atoms with van der Waals surface area (Å²) in [4.78, 5) is 161. The number of aliphatic imine (C=N–C) groups is 5. The Balaban J connectivity index is 0.000000165. The van der Waals surface area contributed by atoms with Crippen LogP contribution < -0.4 is 26.6 Å².